The Morgan fingerprint density at radius 3 is 2.38 bits per heavy atom. The molecule has 2 fully saturated rings. The van der Waals surface area contributed by atoms with Crippen LogP contribution in [-0.2, 0) is 19.1 Å². The van der Waals surface area contributed by atoms with Gasteiger partial charge in [0.2, 0.25) is 0 Å². The summed E-state index contributed by atoms with van der Waals surface area (Å²) in [5.74, 6) is 0.762. The second kappa shape index (κ2) is 8.85. The number of allylic oxidation sites excluding steroid dienone is 4. The van der Waals surface area contributed by atoms with E-state index in [2.05, 4.69) is 47.6 Å². The molecule has 2 saturated carbocycles. The van der Waals surface area contributed by atoms with Crippen LogP contribution in [0.4, 0.5) is 0 Å². The van der Waals surface area contributed by atoms with Crippen LogP contribution < -0.4 is 0 Å². The van der Waals surface area contributed by atoms with E-state index in [-0.39, 0.29) is 39.7 Å². The minimum atomic E-state index is -0.169. The van der Waals surface area contributed by atoms with Gasteiger partial charge in [-0.15, -0.1) is 0 Å². The van der Waals surface area contributed by atoms with Gasteiger partial charge in [0, 0.05) is 19.3 Å². The molecule has 6 atom stereocenters. The number of fused-ring (bicyclic) bond motifs is 7. The van der Waals surface area contributed by atoms with Crippen molar-refractivity contribution in [1.29, 1.82) is 0 Å². The van der Waals surface area contributed by atoms with Gasteiger partial charge in [-0.05, 0) is 110 Å². The van der Waals surface area contributed by atoms with E-state index in [1.54, 1.807) is 29.2 Å². The summed E-state index contributed by atoms with van der Waals surface area (Å²) in [6.07, 6.45) is 12.5. The molecule has 4 nitrogen and oxygen atoms in total. The molecule has 204 valence electrons. The highest BCUT2D eigenvalue weighted by Gasteiger charge is 2.65. The zero-order valence-corrected chi connectivity index (χ0v) is 24.5. The lowest BCUT2D eigenvalue weighted by Gasteiger charge is -2.66. The first-order valence-corrected chi connectivity index (χ1v) is 14.7. The Morgan fingerprint density at radius 1 is 1.00 bits per heavy atom. The normalized spacial score (nSPS) is 40.9. The van der Waals surface area contributed by atoms with E-state index >= 15 is 0 Å². The van der Waals surface area contributed by atoms with Crippen molar-refractivity contribution in [1.82, 2.24) is 0 Å². The van der Waals surface area contributed by atoms with Crippen LogP contribution in [0.2, 0.25) is 0 Å². The Kier molecular flexibility index (Phi) is 6.40. The molecule has 0 aromatic carbocycles. The zero-order valence-electron chi connectivity index (χ0n) is 24.5. The van der Waals surface area contributed by atoms with Crippen molar-refractivity contribution in [2.45, 2.75) is 119 Å². The minimum absolute atomic E-state index is 0.0118. The van der Waals surface area contributed by atoms with E-state index in [9.17, 15) is 9.59 Å². The van der Waals surface area contributed by atoms with Crippen LogP contribution in [0.15, 0.2) is 33.9 Å². The van der Waals surface area contributed by atoms with Crippen molar-refractivity contribution in [2.24, 2.45) is 33.5 Å². The molecule has 0 aromatic heterocycles. The molecule has 0 N–H and O–H groups in total. The van der Waals surface area contributed by atoms with Gasteiger partial charge in [0.05, 0.1) is 0 Å². The zero-order chi connectivity index (χ0) is 27.0. The second-order valence-corrected chi connectivity index (χ2v) is 14.0. The molecule has 0 aliphatic heterocycles. The smallest absolute Gasteiger partial charge is 0.303 e. The fourth-order valence-corrected chi connectivity index (χ4v) is 9.86. The molecular formula is C33H48O4. The monoisotopic (exact) mass is 508 g/mol. The number of ether oxygens (including phenoxy) is 2. The number of carbonyl (C=O) groups is 2. The maximum absolute atomic E-state index is 11.9. The van der Waals surface area contributed by atoms with Gasteiger partial charge in [-0.1, -0.05) is 51.8 Å². The van der Waals surface area contributed by atoms with Crippen molar-refractivity contribution in [3.8, 4) is 0 Å². The van der Waals surface area contributed by atoms with E-state index in [0.717, 1.165) is 51.4 Å². The number of esters is 2. The second-order valence-electron chi connectivity index (χ2n) is 14.0. The number of carbonyl (C=O) groups excluding carboxylic acids is 2. The first-order valence-electron chi connectivity index (χ1n) is 14.7. The Labute approximate surface area is 224 Å². The van der Waals surface area contributed by atoms with Crippen LogP contribution in [0.25, 0.3) is 0 Å². The summed E-state index contributed by atoms with van der Waals surface area (Å²) in [5.41, 5.74) is 8.10. The number of hydrogen-bond acceptors (Lipinski definition) is 4. The Morgan fingerprint density at radius 2 is 1.73 bits per heavy atom. The van der Waals surface area contributed by atoms with Crippen LogP contribution in [0.3, 0.4) is 0 Å². The van der Waals surface area contributed by atoms with E-state index in [1.807, 2.05) is 0 Å². The van der Waals surface area contributed by atoms with Crippen LogP contribution >= 0.6 is 0 Å². The highest BCUT2D eigenvalue weighted by atomic mass is 16.5. The Hall–Kier alpha value is -1.84. The highest BCUT2D eigenvalue weighted by molar-refractivity contribution is 5.67. The molecule has 0 aromatic rings. The first-order chi connectivity index (χ1) is 17.3. The largest absolute Gasteiger partial charge is 0.465 e. The lowest BCUT2D eigenvalue weighted by Crippen LogP contribution is -2.58. The van der Waals surface area contributed by atoms with Crippen LogP contribution in [0, 0.1) is 33.5 Å². The van der Waals surface area contributed by atoms with Gasteiger partial charge in [-0.25, -0.2) is 0 Å². The quantitative estimate of drug-likeness (QED) is 0.286. The van der Waals surface area contributed by atoms with Gasteiger partial charge < -0.3 is 9.47 Å². The maximum Gasteiger partial charge on any atom is 0.303 e. The summed E-state index contributed by atoms with van der Waals surface area (Å²) in [5, 5.41) is 0. The molecule has 0 amide bonds. The molecule has 0 bridgehead atoms. The molecule has 0 heterocycles. The van der Waals surface area contributed by atoms with Gasteiger partial charge in [0.15, 0.2) is 0 Å². The van der Waals surface area contributed by atoms with Gasteiger partial charge in [0.25, 0.3) is 0 Å². The number of hydrogen-bond donors (Lipinski definition) is 0. The average Bonchev–Trinajstić information content (AvgIpc) is 3.20. The molecule has 37 heavy (non-hydrogen) atoms. The summed E-state index contributed by atoms with van der Waals surface area (Å²) in [6.45, 7) is 18.2. The minimum Gasteiger partial charge on any atom is -0.465 e. The molecule has 0 saturated heterocycles. The molecular weight excluding hydrogens is 460 g/mol. The van der Waals surface area contributed by atoms with Crippen LogP contribution in [-0.4, -0.2) is 24.6 Å². The highest BCUT2D eigenvalue weighted by Crippen LogP contribution is 2.74. The summed E-state index contributed by atoms with van der Waals surface area (Å²) < 4.78 is 11.5. The number of rotatable bonds is 4. The van der Waals surface area contributed by atoms with Gasteiger partial charge >= 0.3 is 11.9 Å². The van der Waals surface area contributed by atoms with Crippen molar-refractivity contribution < 1.29 is 19.1 Å². The van der Waals surface area contributed by atoms with Gasteiger partial charge in [0.1, 0.15) is 12.7 Å². The molecule has 5 aliphatic carbocycles. The van der Waals surface area contributed by atoms with Crippen molar-refractivity contribution in [3.63, 3.8) is 0 Å². The molecule has 4 heteroatoms. The van der Waals surface area contributed by atoms with E-state index in [4.69, 9.17) is 9.47 Å². The van der Waals surface area contributed by atoms with Crippen molar-refractivity contribution >= 4 is 11.9 Å². The molecule has 0 radical (unpaired) electrons. The topological polar surface area (TPSA) is 52.6 Å². The Bertz CT molecular complexity index is 1110. The molecule has 5 aliphatic rings. The van der Waals surface area contributed by atoms with Gasteiger partial charge in [-0.2, -0.15) is 0 Å². The third-order valence-electron chi connectivity index (χ3n) is 12.1. The SMILES string of the molecule is CC(=O)OC[C@]12CCC(C(C)C)=C1C1=CCC3[C@@]4(C)CC[C@H](OC(C)=O)C(C)=C4CC[C@@]3(C)[C@]1(C)CC2. The Balaban J connectivity index is 1.59. The summed E-state index contributed by atoms with van der Waals surface area (Å²) >= 11 is 0. The third-order valence-corrected chi connectivity index (χ3v) is 12.1. The molecule has 0 spiro atoms. The predicted molar refractivity (Wildman–Crippen MR) is 147 cm³/mol. The van der Waals surface area contributed by atoms with E-state index < -0.39 is 0 Å². The summed E-state index contributed by atoms with van der Waals surface area (Å²) in [7, 11) is 0. The summed E-state index contributed by atoms with van der Waals surface area (Å²) in [4.78, 5) is 23.6. The van der Waals surface area contributed by atoms with Crippen molar-refractivity contribution in [3.05, 3.63) is 33.9 Å². The van der Waals surface area contributed by atoms with Crippen molar-refractivity contribution in [2.75, 3.05) is 6.61 Å². The standard InChI is InChI=1S/C33H48O4/c1-20(2)24-11-16-33(19-36-22(4)34)18-17-31(7)26(29(24)33)9-10-28-30(6)14-13-27(37-23(5)35)21(3)25(30)12-15-32(28,31)8/h9,20,27-28H,10-19H2,1-8H3/t27-,28?,30-,31+,32+,33+/m0/s1. The fourth-order valence-electron chi connectivity index (χ4n) is 9.86. The van der Waals surface area contributed by atoms with E-state index in [0.29, 0.717) is 18.4 Å². The third kappa shape index (κ3) is 3.74. The van der Waals surface area contributed by atoms with Crippen LogP contribution in [0.1, 0.15) is 113 Å². The molecule has 5 rings (SSSR count). The summed E-state index contributed by atoms with van der Waals surface area (Å²) in [6, 6.07) is 0. The van der Waals surface area contributed by atoms with E-state index in [1.165, 1.54) is 18.9 Å². The predicted octanol–water partition coefficient (Wildman–Crippen LogP) is 7.88. The van der Waals surface area contributed by atoms with Crippen LogP contribution in [0.5, 0.6) is 0 Å². The maximum atomic E-state index is 11.9. The lowest BCUT2D eigenvalue weighted by atomic mass is 9.37. The fraction of sp³-hybridized carbons (Fsp3) is 0.758. The molecule has 1 unspecified atom stereocenters. The van der Waals surface area contributed by atoms with Gasteiger partial charge in [-0.3, -0.25) is 9.59 Å². The first kappa shape index (κ1) is 26.8. The lowest BCUT2D eigenvalue weighted by molar-refractivity contribution is -0.146. The average molecular weight is 509 g/mol.